The van der Waals surface area contributed by atoms with Gasteiger partial charge in [-0.1, -0.05) is 6.92 Å². The van der Waals surface area contributed by atoms with Crippen molar-refractivity contribution in [3.05, 3.63) is 24.0 Å². The molecule has 84 valence electrons. The van der Waals surface area contributed by atoms with Crippen molar-refractivity contribution in [3.63, 3.8) is 0 Å². The number of hydrogen-bond donors (Lipinski definition) is 0. The zero-order chi connectivity index (χ0) is 11.1. The highest BCUT2D eigenvalue weighted by Crippen LogP contribution is 2.27. The molecule has 2 aromatic rings. The first kappa shape index (κ1) is 9.70. The number of aromatic nitrogens is 2. The quantitative estimate of drug-likeness (QED) is 0.732. The van der Waals surface area contributed by atoms with Crippen LogP contribution < -0.4 is 4.74 Å². The fraction of sp³-hybridized carbons (Fsp3) is 0.462. The molecule has 1 aromatic heterocycles. The summed E-state index contributed by atoms with van der Waals surface area (Å²) >= 11 is 0. The molecule has 3 nitrogen and oxygen atoms in total. The van der Waals surface area contributed by atoms with E-state index in [0.29, 0.717) is 0 Å². The Balaban J connectivity index is 2.16. The molecular weight excluding hydrogens is 200 g/mol. The van der Waals surface area contributed by atoms with Crippen LogP contribution in [0.25, 0.3) is 11.0 Å². The highest BCUT2D eigenvalue weighted by molar-refractivity contribution is 5.78. The van der Waals surface area contributed by atoms with Gasteiger partial charge in [0.2, 0.25) is 0 Å². The molecule has 0 bridgehead atoms. The van der Waals surface area contributed by atoms with E-state index >= 15 is 0 Å². The Labute approximate surface area is 95.0 Å². The first-order chi connectivity index (χ1) is 7.78. The van der Waals surface area contributed by atoms with Crippen molar-refractivity contribution >= 4 is 11.0 Å². The average molecular weight is 216 g/mol. The van der Waals surface area contributed by atoms with E-state index in [9.17, 15) is 0 Å². The zero-order valence-electron chi connectivity index (χ0n) is 9.73. The fourth-order valence-corrected chi connectivity index (χ4v) is 2.46. The van der Waals surface area contributed by atoms with Crippen LogP contribution in [-0.4, -0.2) is 16.7 Å². The van der Waals surface area contributed by atoms with Gasteiger partial charge in [-0.3, -0.25) is 0 Å². The van der Waals surface area contributed by atoms with Gasteiger partial charge in [-0.25, -0.2) is 4.98 Å². The van der Waals surface area contributed by atoms with Gasteiger partial charge < -0.3 is 9.30 Å². The average Bonchev–Trinajstić information content (AvgIpc) is 2.64. The summed E-state index contributed by atoms with van der Waals surface area (Å²) in [5.74, 6) is 2.87. The van der Waals surface area contributed by atoms with Crippen molar-refractivity contribution in [1.82, 2.24) is 9.55 Å². The molecule has 0 saturated heterocycles. The van der Waals surface area contributed by atoms with Crippen LogP contribution in [0.2, 0.25) is 0 Å². The molecule has 1 aliphatic rings. The number of hydrogen-bond acceptors (Lipinski definition) is 2. The molecule has 0 saturated carbocycles. The minimum Gasteiger partial charge on any atom is -0.497 e. The van der Waals surface area contributed by atoms with E-state index in [1.165, 1.54) is 17.8 Å². The first-order valence-electron chi connectivity index (χ1n) is 5.81. The summed E-state index contributed by atoms with van der Waals surface area (Å²) in [5.41, 5.74) is 2.30. The van der Waals surface area contributed by atoms with Crippen molar-refractivity contribution in [1.29, 1.82) is 0 Å². The maximum Gasteiger partial charge on any atom is 0.121 e. The molecule has 3 heteroatoms. The molecule has 1 unspecified atom stereocenters. The molecule has 16 heavy (non-hydrogen) atoms. The lowest BCUT2D eigenvalue weighted by Gasteiger charge is -2.19. The second kappa shape index (κ2) is 3.51. The van der Waals surface area contributed by atoms with Crippen LogP contribution in [0.5, 0.6) is 5.75 Å². The molecule has 1 aromatic carbocycles. The summed E-state index contributed by atoms with van der Waals surface area (Å²) in [6, 6.07) is 6.14. The molecule has 0 aliphatic carbocycles. The molecule has 1 aliphatic heterocycles. The Kier molecular flexibility index (Phi) is 2.13. The van der Waals surface area contributed by atoms with E-state index in [4.69, 9.17) is 9.72 Å². The topological polar surface area (TPSA) is 27.1 Å². The maximum atomic E-state index is 5.23. The van der Waals surface area contributed by atoms with Crippen molar-refractivity contribution in [3.8, 4) is 5.75 Å². The lowest BCUT2D eigenvalue weighted by molar-refractivity contribution is 0.414. The molecule has 0 radical (unpaired) electrons. The van der Waals surface area contributed by atoms with Gasteiger partial charge in [-0.15, -0.1) is 0 Å². The van der Waals surface area contributed by atoms with Crippen molar-refractivity contribution < 1.29 is 4.74 Å². The van der Waals surface area contributed by atoms with Crippen molar-refractivity contribution in [2.75, 3.05) is 7.11 Å². The van der Waals surface area contributed by atoms with E-state index < -0.39 is 0 Å². The first-order valence-corrected chi connectivity index (χ1v) is 5.81. The van der Waals surface area contributed by atoms with Crippen LogP contribution in [0, 0.1) is 5.92 Å². The molecule has 3 rings (SSSR count). The minimum absolute atomic E-state index is 0.756. The van der Waals surface area contributed by atoms with Gasteiger partial charge in [0.1, 0.15) is 11.6 Å². The molecule has 0 spiro atoms. The predicted octanol–water partition coefficient (Wildman–Crippen LogP) is 2.63. The number of rotatable bonds is 1. The molecule has 0 N–H and O–H groups in total. The third kappa shape index (κ3) is 1.39. The summed E-state index contributed by atoms with van der Waals surface area (Å²) in [7, 11) is 1.69. The summed E-state index contributed by atoms with van der Waals surface area (Å²) in [4.78, 5) is 4.70. The smallest absolute Gasteiger partial charge is 0.121 e. The molecule has 0 fully saturated rings. The Morgan fingerprint density at radius 2 is 2.31 bits per heavy atom. The largest absolute Gasteiger partial charge is 0.497 e. The Morgan fingerprint density at radius 1 is 1.44 bits per heavy atom. The maximum absolute atomic E-state index is 5.23. The SMILES string of the molecule is COc1ccc2c(c1)nc1n2CCC(C)C1. The van der Waals surface area contributed by atoms with E-state index in [1.54, 1.807) is 7.11 Å². The van der Waals surface area contributed by atoms with E-state index in [0.717, 1.165) is 30.1 Å². The standard InChI is InChI=1S/C13H16N2O/c1-9-5-6-15-12-4-3-10(16-2)8-11(12)14-13(15)7-9/h3-4,8-9H,5-7H2,1-2H3. The lowest BCUT2D eigenvalue weighted by atomic mass is 10.0. The van der Waals surface area contributed by atoms with E-state index in [-0.39, 0.29) is 0 Å². The Bertz CT molecular complexity index is 530. The van der Waals surface area contributed by atoms with Gasteiger partial charge in [0.05, 0.1) is 18.1 Å². The van der Waals surface area contributed by atoms with E-state index in [2.05, 4.69) is 17.6 Å². The minimum atomic E-state index is 0.756. The lowest BCUT2D eigenvalue weighted by Crippen LogP contribution is -2.17. The van der Waals surface area contributed by atoms with Crippen LogP contribution in [0.15, 0.2) is 18.2 Å². The third-order valence-electron chi connectivity index (χ3n) is 3.41. The molecule has 1 atom stereocenters. The zero-order valence-corrected chi connectivity index (χ0v) is 9.73. The summed E-state index contributed by atoms with van der Waals surface area (Å²) in [6.45, 7) is 3.39. The number of ether oxygens (including phenoxy) is 1. The monoisotopic (exact) mass is 216 g/mol. The van der Waals surface area contributed by atoms with Gasteiger partial charge in [0, 0.05) is 19.0 Å². The van der Waals surface area contributed by atoms with Crippen LogP contribution in [-0.2, 0) is 13.0 Å². The summed E-state index contributed by atoms with van der Waals surface area (Å²) in [5, 5.41) is 0. The van der Waals surface area contributed by atoms with Gasteiger partial charge in [0.15, 0.2) is 0 Å². The summed E-state index contributed by atoms with van der Waals surface area (Å²) < 4.78 is 7.57. The normalized spacial score (nSPS) is 19.8. The fourth-order valence-electron chi connectivity index (χ4n) is 2.46. The Hall–Kier alpha value is -1.51. The highest BCUT2D eigenvalue weighted by Gasteiger charge is 2.18. The van der Waals surface area contributed by atoms with Gasteiger partial charge >= 0.3 is 0 Å². The van der Waals surface area contributed by atoms with Crippen molar-refractivity contribution in [2.24, 2.45) is 5.92 Å². The van der Waals surface area contributed by atoms with Gasteiger partial charge in [0.25, 0.3) is 0 Å². The predicted molar refractivity (Wildman–Crippen MR) is 63.8 cm³/mol. The number of nitrogens with zero attached hydrogens (tertiary/aromatic N) is 2. The van der Waals surface area contributed by atoms with Crippen LogP contribution in [0.4, 0.5) is 0 Å². The van der Waals surface area contributed by atoms with Gasteiger partial charge in [-0.05, 0) is 24.5 Å². The van der Waals surface area contributed by atoms with Crippen molar-refractivity contribution in [2.45, 2.75) is 26.3 Å². The number of imidazole rings is 1. The van der Waals surface area contributed by atoms with Crippen LogP contribution in [0.3, 0.4) is 0 Å². The highest BCUT2D eigenvalue weighted by atomic mass is 16.5. The number of benzene rings is 1. The van der Waals surface area contributed by atoms with Crippen LogP contribution >= 0.6 is 0 Å². The Morgan fingerprint density at radius 3 is 3.12 bits per heavy atom. The van der Waals surface area contributed by atoms with Crippen LogP contribution in [0.1, 0.15) is 19.2 Å². The second-order valence-corrected chi connectivity index (χ2v) is 4.63. The van der Waals surface area contributed by atoms with E-state index in [1.807, 2.05) is 12.1 Å². The summed E-state index contributed by atoms with van der Waals surface area (Å²) in [6.07, 6.45) is 2.35. The number of aryl methyl sites for hydroxylation is 1. The number of methoxy groups -OCH3 is 1. The molecular formula is C13H16N2O. The third-order valence-corrected chi connectivity index (χ3v) is 3.41. The molecule has 2 heterocycles. The van der Waals surface area contributed by atoms with Gasteiger partial charge in [-0.2, -0.15) is 0 Å². The number of fused-ring (bicyclic) bond motifs is 3. The second-order valence-electron chi connectivity index (χ2n) is 4.63. The molecule has 0 amide bonds.